The quantitative estimate of drug-likeness (QED) is 0.752. The van der Waals surface area contributed by atoms with Crippen molar-refractivity contribution in [1.82, 2.24) is 0 Å². The Hall–Kier alpha value is -0.120. The number of ether oxygens (including phenoxy) is 2. The molecule has 0 saturated heterocycles. The van der Waals surface area contributed by atoms with E-state index >= 15 is 0 Å². The van der Waals surface area contributed by atoms with Crippen molar-refractivity contribution in [2.75, 3.05) is 20.3 Å². The van der Waals surface area contributed by atoms with Crippen molar-refractivity contribution in [3.8, 4) is 0 Å². The number of hydrogen-bond donors (Lipinski definition) is 1. The minimum absolute atomic E-state index is 0.204. The SMILES string of the molecule is COCCOC1CC(C(C)(C)C)CCC1N. The van der Waals surface area contributed by atoms with Gasteiger partial charge in [-0.15, -0.1) is 0 Å². The summed E-state index contributed by atoms with van der Waals surface area (Å²) in [5.74, 6) is 0.722. The van der Waals surface area contributed by atoms with E-state index in [4.69, 9.17) is 15.2 Å². The van der Waals surface area contributed by atoms with Gasteiger partial charge >= 0.3 is 0 Å². The molecule has 3 heteroatoms. The smallest absolute Gasteiger partial charge is 0.0729 e. The van der Waals surface area contributed by atoms with Gasteiger partial charge in [0, 0.05) is 13.2 Å². The van der Waals surface area contributed by atoms with Crippen molar-refractivity contribution < 1.29 is 9.47 Å². The Morgan fingerprint density at radius 3 is 2.44 bits per heavy atom. The molecule has 1 aliphatic carbocycles. The summed E-state index contributed by atoms with van der Waals surface area (Å²) >= 11 is 0. The Balaban J connectivity index is 2.42. The van der Waals surface area contributed by atoms with Gasteiger partial charge in [-0.05, 0) is 30.6 Å². The molecule has 0 aromatic heterocycles. The molecule has 1 saturated carbocycles. The van der Waals surface area contributed by atoms with Crippen LogP contribution in [0.25, 0.3) is 0 Å². The number of methoxy groups -OCH3 is 1. The summed E-state index contributed by atoms with van der Waals surface area (Å²) in [4.78, 5) is 0. The lowest BCUT2D eigenvalue weighted by Gasteiger charge is -2.40. The first-order valence-corrected chi connectivity index (χ1v) is 6.31. The molecule has 3 unspecified atom stereocenters. The summed E-state index contributed by atoms with van der Waals surface area (Å²) in [5.41, 5.74) is 6.46. The minimum atomic E-state index is 0.204. The largest absolute Gasteiger partial charge is 0.382 e. The van der Waals surface area contributed by atoms with Crippen LogP contribution in [0, 0.1) is 11.3 Å². The molecule has 2 N–H and O–H groups in total. The lowest BCUT2D eigenvalue weighted by Crippen LogP contribution is -2.45. The summed E-state index contributed by atoms with van der Waals surface area (Å²) in [7, 11) is 1.70. The maximum Gasteiger partial charge on any atom is 0.0729 e. The Morgan fingerprint density at radius 1 is 1.19 bits per heavy atom. The van der Waals surface area contributed by atoms with E-state index < -0.39 is 0 Å². The van der Waals surface area contributed by atoms with Gasteiger partial charge in [-0.1, -0.05) is 20.8 Å². The summed E-state index contributed by atoms with van der Waals surface area (Å²) < 4.78 is 10.8. The highest BCUT2D eigenvalue weighted by Crippen LogP contribution is 2.38. The normalized spacial score (nSPS) is 31.7. The van der Waals surface area contributed by atoms with Crippen molar-refractivity contribution in [3.63, 3.8) is 0 Å². The Kier molecular flexibility index (Phi) is 5.22. The second-order valence-electron chi connectivity index (χ2n) is 5.94. The fourth-order valence-corrected chi connectivity index (χ4v) is 2.41. The fraction of sp³-hybridized carbons (Fsp3) is 1.00. The first-order chi connectivity index (χ1) is 7.45. The third-order valence-electron chi connectivity index (χ3n) is 3.69. The predicted octanol–water partition coefficient (Wildman–Crippen LogP) is 2.19. The van der Waals surface area contributed by atoms with Gasteiger partial charge in [0.05, 0.1) is 19.3 Å². The zero-order chi connectivity index (χ0) is 12.2. The van der Waals surface area contributed by atoms with Crippen LogP contribution < -0.4 is 5.73 Å². The van der Waals surface area contributed by atoms with Crippen molar-refractivity contribution in [1.29, 1.82) is 0 Å². The molecular weight excluding hydrogens is 202 g/mol. The molecule has 0 aliphatic heterocycles. The highest BCUT2D eigenvalue weighted by Gasteiger charge is 2.34. The molecule has 3 atom stereocenters. The third-order valence-corrected chi connectivity index (χ3v) is 3.69. The molecule has 0 amide bonds. The molecule has 0 aromatic rings. The zero-order valence-electron chi connectivity index (χ0n) is 11.2. The highest BCUT2D eigenvalue weighted by atomic mass is 16.5. The first kappa shape index (κ1) is 13.9. The topological polar surface area (TPSA) is 44.5 Å². The van der Waals surface area contributed by atoms with E-state index in [1.54, 1.807) is 7.11 Å². The highest BCUT2D eigenvalue weighted by molar-refractivity contribution is 4.88. The predicted molar refractivity (Wildman–Crippen MR) is 66.4 cm³/mol. The Morgan fingerprint density at radius 2 is 1.88 bits per heavy atom. The second kappa shape index (κ2) is 5.99. The van der Waals surface area contributed by atoms with Gasteiger partial charge in [0.1, 0.15) is 0 Å². The minimum Gasteiger partial charge on any atom is -0.382 e. The molecule has 1 fully saturated rings. The van der Waals surface area contributed by atoms with Gasteiger partial charge in [-0.2, -0.15) is 0 Å². The van der Waals surface area contributed by atoms with Crippen LogP contribution in [0.2, 0.25) is 0 Å². The van der Waals surface area contributed by atoms with Crippen molar-refractivity contribution >= 4 is 0 Å². The Bertz CT molecular complexity index is 201. The van der Waals surface area contributed by atoms with Crippen LogP contribution in [0.4, 0.5) is 0 Å². The number of hydrogen-bond acceptors (Lipinski definition) is 3. The number of rotatable bonds is 4. The average Bonchev–Trinajstić information content (AvgIpc) is 2.19. The summed E-state index contributed by atoms with van der Waals surface area (Å²) in [6, 6.07) is 0.204. The Labute approximate surface area is 99.7 Å². The van der Waals surface area contributed by atoms with Gasteiger partial charge in [-0.25, -0.2) is 0 Å². The molecule has 0 heterocycles. The molecule has 3 nitrogen and oxygen atoms in total. The second-order valence-corrected chi connectivity index (χ2v) is 5.94. The standard InChI is InChI=1S/C13H27NO2/c1-13(2,3)10-5-6-11(14)12(9-10)16-8-7-15-4/h10-12H,5-9,14H2,1-4H3. The van der Waals surface area contributed by atoms with Crippen LogP contribution in [-0.2, 0) is 9.47 Å². The lowest BCUT2D eigenvalue weighted by molar-refractivity contribution is -0.0357. The summed E-state index contributed by atoms with van der Waals surface area (Å²) in [5, 5.41) is 0. The van der Waals surface area contributed by atoms with Gasteiger partial charge in [0.25, 0.3) is 0 Å². The van der Waals surface area contributed by atoms with Crippen molar-refractivity contribution in [2.24, 2.45) is 17.1 Å². The van der Waals surface area contributed by atoms with E-state index in [9.17, 15) is 0 Å². The van der Waals surface area contributed by atoms with Crippen LogP contribution in [0.5, 0.6) is 0 Å². The van der Waals surface area contributed by atoms with E-state index in [-0.39, 0.29) is 12.1 Å². The van der Waals surface area contributed by atoms with Crippen molar-refractivity contribution in [3.05, 3.63) is 0 Å². The van der Waals surface area contributed by atoms with Crippen LogP contribution in [-0.4, -0.2) is 32.5 Å². The third kappa shape index (κ3) is 4.04. The maximum absolute atomic E-state index is 6.10. The molecule has 16 heavy (non-hydrogen) atoms. The molecule has 96 valence electrons. The zero-order valence-corrected chi connectivity index (χ0v) is 11.2. The molecule has 0 aromatic carbocycles. The molecular formula is C13H27NO2. The van der Waals surface area contributed by atoms with E-state index in [0.29, 0.717) is 18.6 Å². The molecule has 0 spiro atoms. The average molecular weight is 229 g/mol. The van der Waals surface area contributed by atoms with Crippen LogP contribution in [0.15, 0.2) is 0 Å². The van der Waals surface area contributed by atoms with E-state index in [1.165, 1.54) is 6.42 Å². The molecule has 0 bridgehead atoms. The molecule has 1 aliphatic rings. The molecule has 1 rings (SSSR count). The summed E-state index contributed by atoms with van der Waals surface area (Å²) in [6.45, 7) is 8.23. The van der Waals surface area contributed by atoms with Crippen LogP contribution in [0.3, 0.4) is 0 Å². The van der Waals surface area contributed by atoms with Crippen LogP contribution in [0.1, 0.15) is 40.0 Å². The monoisotopic (exact) mass is 229 g/mol. The fourth-order valence-electron chi connectivity index (χ4n) is 2.41. The first-order valence-electron chi connectivity index (χ1n) is 6.31. The molecule has 0 radical (unpaired) electrons. The maximum atomic E-state index is 6.10. The van der Waals surface area contributed by atoms with E-state index in [2.05, 4.69) is 20.8 Å². The summed E-state index contributed by atoms with van der Waals surface area (Å²) in [6.07, 6.45) is 3.62. The van der Waals surface area contributed by atoms with Gasteiger partial charge in [-0.3, -0.25) is 0 Å². The van der Waals surface area contributed by atoms with Crippen molar-refractivity contribution in [2.45, 2.75) is 52.2 Å². The van der Waals surface area contributed by atoms with Gasteiger partial charge in [0.15, 0.2) is 0 Å². The van der Waals surface area contributed by atoms with Gasteiger partial charge in [0.2, 0.25) is 0 Å². The van der Waals surface area contributed by atoms with E-state index in [1.807, 2.05) is 0 Å². The van der Waals surface area contributed by atoms with Crippen LogP contribution >= 0.6 is 0 Å². The lowest BCUT2D eigenvalue weighted by atomic mass is 9.70. The van der Waals surface area contributed by atoms with E-state index in [0.717, 1.165) is 18.8 Å². The van der Waals surface area contributed by atoms with Gasteiger partial charge < -0.3 is 15.2 Å². The number of nitrogens with two attached hydrogens (primary N) is 1.